The van der Waals surface area contributed by atoms with Crippen LogP contribution in [0, 0.1) is 12.8 Å². The molecule has 1 aliphatic heterocycles. The summed E-state index contributed by atoms with van der Waals surface area (Å²) in [5.41, 5.74) is 3.97. The molecule has 208 valence electrons. The molecule has 3 aliphatic rings. The van der Waals surface area contributed by atoms with Gasteiger partial charge in [-0.2, -0.15) is 0 Å². The van der Waals surface area contributed by atoms with E-state index in [1.54, 1.807) is 12.3 Å². The molecule has 1 saturated heterocycles. The Morgan fingerprint density at radius 1 is 1.07 bits per heavy atom. The number of fused-ring (bicyclic) bond motifs is 1. The van der Waals surface area contributed by atoms with Crippen molar-refractivity contribution in [3.8, 4) is 0 Å². The Morgan fingerprint density at radius 2 is 1.90 bits per heavy atom. The smallest absolute Gasteiger partial charge is 0.331 e. The fourth-order valence-electron chi connectivity index (χ4n) is 5.20. The summed E-state index contributed by atoms with van der Waals surface area (Å²) >= 11 is 0. The summed E-state index contributed by atoms with van der Waals surface area (Å²) in [5.74, 6) is 1.55. The molecule has 5 heterocycles. The number of hydrogen-bond donors (Lipinski definition) is 2. The number of nitrogens with one attached hydrogen (secondary N) is 2. The summed E-state index contributed by atoms with van der Waals surface area (Å²) in [7, 11) is 1.49. The maximum absolute atomic E-state index is 12.8. The number of aromatic nitrogens is 6. The molecule has 0 aromatic carbocycles. The van der Waals surface area contributed by atoms with E-state index in [0.29, 0.717) is 47.7 Å². The Kier molecular flexibility index (Phi) is 5.87. The van der Waals surface area contributed by atoms with Gasteiger partial charge >= 0.3 is 6.03 Å². The van der Waals surface area contributed by atoms with Gasteiger partial charge in [-0.15, -0.1) is 0 Å². The lowest BCUT2D eigenvalue weighted by Gasteiger charge is -2.17. The summed E-state index contributed by atoms with van der Waals surface area (Å²) in [6.45, 7) is 2.26. The third kappa shape index (κ3) is 4.83. The van der Waals surface area contributed by atoms with Crippen LogP contribution < -0.4 is 15.5 Å². The minimum absolute atomic E-state index is 0.00535. The first kappa shape index (κ1) is 25.1. The van der Waals surface area contributed by atoms with Gasteiger partial charge in [-0.05, 0) is 49.8 Å². The Hall–Kier alpha value is -4.94. The molecule has 4 aromatic rings. The molecule has 7 rings (SSSR count). The van der Waals surface area contributed by atoms with Crippen LogP contribution >= 0.6 is 0 Å². The van der Waals surface area contributed by atoms with Crippen LogP contribution in [0.2, 0.25) is 0 Å². The van der Waals surface area contributed by atoms with Gasteiger partial charge in [-0.1, -0.05) is 0 Å². The van der Waals surface area contributed by atoms with Gasteiger partial charge in [0.25, 0.3) is 0 Å². The van der Waals surface area contributed by atoms with E-state index < -0.39 is 0 Å². The van der Waals surface area contributed by atoms with Crippen molar-refractivity contribution in [3.63, 3.8) is 0 Å². The minimum Gasteiger partial charge on any atom is -0.364 e. The van der Waals surface area contributed by atoms with Crippen LogP contribution in [-0.4, -0.2) is 65.7 Å². The number of aryl methyl sites for hydroxylation is 1. The summed E-state index contributed by atoms with van der Waals surface area (Å²) in [4.78, 5) is 62.4. The van der Waals surface area contributed by atoms with Crippen LogP contribution in [-0.2, 0) is 16.1 Å². The lowest BCUT2D eigenvalue weighted by atomic mass is 10.1. The molecular weight excluding hydrogens is 524 g/mol. The van der Waals surface area contributed by atoms with Gasteiger partial charge in [0, 0.05) is 49.2 Å². The minimum atomic E-state index is -0.355. The van der Waals surface area contributed by atoms with Crippen molar-refractivity contribution >= 4 is 40.8 Å². The van der Waals surface area contributed by atoms with E-state index in [4.69, 9.17) is 4.98 Å². The SMILES string of the molecule is Cc1ccnc(C2CC2C(=O)Nc2cc(NCc3cn4cc(C5CC5)cc(N5CC(=O)N(C)C5=O)c4n3)ncn2)n1. The fourth-order valence-corrected chi connectivity index (χ4v) is 5.20. The molecule has 13 nitrogen and oxygen atoms in total. The van der Waals surface area contributed by atoms with E-state index in [1.165, 1.54) is 18.3 Å². The van der Waals surface area contributed by atoms with E-state index in [2.05, 4.69) is 30.6 Å². The zero-order chi connectivity index (χ0) is 28.2. The number of urea groups is 1. The van der Waals surface area contributed by atoms with Crippen molar-refractivity contribution in [1.82, 2.24) is 34.2 Å². The fraction of sp³-hybridized carbons (Fsp3) is 0.357. The maximum Gasteiger partial charge on any atom is 0.331 e. The number of imide groups is 1. The molecule has 2 aliphatic carbocycles. The maximum atomic E-state index is 12.8. The van der Waals surface area contributed by atoms with Gasteiger partial charge in [0.1, 0.15) is 30.3 Å². The molecule has 0 radical (unpaired) electrons. The molecule has 3 fully saturated rings. The molecule has 2 saturated carbocycles. The second kappa shape index (κ2) is 9.61. The molecule has 4 aromatic heterocycles. The van der Waals surface area contributed by atoms with Gasteiger partial charge in [-0.3, -0.25) is 19.4 Å². The molecular formula is C28H28N10O3. The Balaban J connectivity index is 1.05. The van der Waals surface area contributed by atoms with Crippen LogP contribution in [0.5, 0.6) is 0 Å². The number of rotatable bonds is 8. The van der Waals surface area contributed by atoms with E-state index >= 15 is 0 Å². The van der Waals surface area contributed by atoms with E-state index in [9.17, 15) is 14.4 Å². The second-order valence-electron chi connectivity index (χ2n) is 10.9. The van der Waals surface area contributed by atoms with Gasteiger partial charge in [0.15, 0.2) is 5.65 Å². The quantitative estimate of drug-likeness (QED) is 0.315. The highest BCUT2D eigenvalue weighted by molar-refractivity contribution is 6.13. The predicted molar refractivity (Wildman–Crippen MR) is 148 cm³/mol. The first-order valence-corrected chi connectivity index (χ1v) is 13.6. The number of pyridine rings is 1. The molecule has 2 N–H and O–H groups in total. The normalized spacial score (nSPS) is 20.1. The highest BCUT2D eigenvalue weighted by Gasteiger charge is 2.46. The van der Waals surface area contributed by atoms with Crippen LogP contribution in [0.25, 0.3) is 5.65 Å². The largest absolute Gasteiger partial charge is 0.364 e. The van der Waals surface area contributed by atoms with Crippen LogP contribution in [0.3, 0.4) is 0 Å². The van der Waals surface area contributed by atoms with Crippen LogP contribution in [0.4, 0.5) is 22.1 Å². The van der Waals surface area contributed by atoms with E-state index in [-0.39, 0.29) is 36.2 Å². The number of hydrogen-bond acceptors (Lipinski definition) is 9. The highest BCUT2D eigenvalue weighted by atomic mass is 16.2. The number of nitrogens with zero attached hydrogens (tertiary/aromatic N) is 8. The predicted octanol–water partition coefficient (Wildman–Crippen LogP) is 2.85. The lowest BCUT2D eigenvalue weighted by molar-refractivity contribution is -0.124. The number of likely N-dealkylation sites (N-methyl/N-ethyl adjacent to an activating group) is 1. The number of carbonyl (C=O) groups excluding carboxylic acids is 3. The molecule has 2 atom stereocenters. The van der Waals surface area contributed by atoms with Crippen molar-refractivity contribution in [2.24, 2.45) is 5.92 Å². The average Bonchev–Trinajstić information content (AvgIpc) is 3.89. The molecule has 4 amide bonds. The lowest BCUT2D eigenvalue weighted by Crippen LogP contribution is -2.30. The first-order chi connectivity index (χ1) is 19.8. The Morgan fingerprint density at radius 3 is 2.66 bits per heavy atom. The second-order valence-corrected chi connectivity index (χ2v) is 10.9. The van der Waals surface area contributed by atoms with Crippen molar-refractivity contribution in [1.29, 1.82) is 0 Å². The zero-order valence-electron chi connectivity index (χ0n) is 22.6. The van der Waals surface area contributed by atoms with E-state index in [0.717, 1.165) is 34.7 Å². The Bertz CT molecular complexity index is 1710. The van der Waals surface area contributed by atoms with Gasteiger partial charge in [0.05, 0.1) is 17.9 Å². The standard InChI is InChI=1S/C28H28N10O3/c1-15-5-6-29-25(33-15)19-8-20(19)27(40)35-23-9-22(31-14-32-23)30-10-18-12-37-11-17(16-3-4-16)7-21(26(37)34-18)38-13-24(39)36(2)28(38)41/h5-7,9,11-12,14,16,19-20H,3-4,8,10,13H2,1-2H3,(H2,30,31,32,35,40). The number of amides is 4. The summed E-state index contributed by atoms with van der Waals surface area (Å²) in [5, 5.41) is 6.12. The monoisotopic (exact) mass is 552 g/mol. The van der Waals surface area contributed by atoms with Crippen LogP contribution in [0.15, 0.2) is 43.1 Å². The highest BCUT2D eigenvalue weighted by Crippen LogP contribution is 2.46. The summed E-state index contributed by atoms with van der Waals surface area (Å²) < 4.78 is 1.92. The third-order valence-corrected chi connectivity index (χ3v) is 7.77. The molecule has 41 heavy (non-hydrogen) atoms. The first-order valence-electron chi connectivity index (χ1n) is 13.6. The number of imidazole rings is 1. The van der Waals surface area contributed by atoms with Crippen LogP contribution in [0.1, 0.15) is 53.9 Å². The van der Waals surface area contributed by atoms with Crippen molar-refractivity contribution in [2.75, 3.05) is 29.1 Å². The van der Waals surface area contributed by atoms with Gasteiger partial charge < -0.3 is 15.0 Å². The summed E-state index contributed by atoms with van der Waals surface area (Å²) in [6.07, 6.45) is 9.98. The van der Waals surface area contributed by atoms with Crippen molar-refractivity contribution < 1.29 is 14.4 Å². The van der Waals surface area contributed by atoms with Crippen molar-refractivity contribution in [3.05, 3.63) is 65.9 Å². The average molecular weight is 553 g/mol. The third-order valence-electron chi connectivity index (χ3n) is 7.77. The van der Waals surface area contributed by atoms with Gasteiger partial charge in [-0.25, -0.2) is 29.7 Å². The van der Waals surface area contributed by atoms with Crippen molar-refractivity contribution in [2.45, 2.75) is 44.6 Å². The zero-order valence-corrected chi connectivity index (χ0v) is 22.6. The topological polar surface area (TPSA) is 151 Å². The number of carbonyl (C=O) groups is 3. The summed E-state index contributed by atoms with van der Waals surface area (Å²) in [6, 6.07) is 5.14. The molecule has 2 unspecified atom stereocenters. The molecule has 0 bridgehead atoms. The van der Waals surface area contributed by atoms with Gasteiger partial charge in [0.2, 0.25) is 11.8 Å². The molecule has 0 spiro atoms. The number of anilines is 3. The Labute approximate surface area is 235 Å². The molecule has 13 heteroatoms. The van der Waals surface area contributed by atoms with E-state index in [1.807, 2.05) is 35.9 Å².